The highest BCUT2D eigenvalue weighted by atomic mass is 16.5. The Morgan fingerprint density at radius 3 is 2.63 bits per heavy atom. The summed E-state index contributed by atoms with van der Waals surface area (Å²) in [4.78, 5) is 30.7. The van der Waals surface area contributed by atoms with Gasteiger partial charge in [-0.05, 0) is 37.1 Å². The summed E-state index contributed by atoms with van der Waals surface area (Å²) >= 11 is 0. The summed E-state index contributed by atoms with van der Waals surface area (Å²) in [5.41, 5.74) is 2.35. The number of methoxy groups -OCH3 is 1. The number of ketones is 1. The summed E-state index contributed by atoms with van der Waals surface area (Å²) in [5.74, 6) is 0.789. The van der Waals surface area contributed by atoms with Crippen molar-refractivity contribution in [3.63, 3.8) is 0 Å². The maximum atomic E-state index is 13.0. The monoisotopic (exact) mass is 362 g/mol. The van der Waals surface area contributed by atoms with Gasteiger partial charge in [0.2, 0.25) is 0 Å². The molecule has 1 saturated heterocycles. The molecule has 1 amide bonds. The largest absolute Gasteiger partial charge is 0.497 e. The number of piperidine rings is 1. The molecule has 0 bridgehead atoms. The van der Waals surface area contributed by atoms with Crippen LogP contribution < -0.4 is 4.74 Å². The minimum absolute atomic E-state index is 0.00751. The molecule has 2 heterocycles. The second-order valence-corrected chi connectivity index (χ2v) is 6.91. The molecule has 5 heteroatoms. The Balaban J connectivity index is 1.44. The maximum absolute atomic E-state index is 13.0. The van der Waals surface area contributed by atoms with Crippen LogP contribution in [0.1, 0.15) is 33.6 Å². The van der Waals surface area contributed by atoms with E-state index >= 15 is 0 Å². The third-order valence-electron chi connectivity index (χ3n) is 5.32. The van der Waals surface area contributed by atoms with Gasteiger partial charge in [0.1, 0.15) is 5.75 Å². The number of hydrogen-bond donors (Lipinski definition) is 1. The summed E-state index contributed by atoms with van der Waals surface area (Å²) in [7, 11) is 1.59. The van der Waals surface area contributed by atoms with Gasteiger partial charge in [-0.2, -0.15) is 0 Å². The summed E-state index contributed by atoms with van der Waals surface area (Å²) in [6.07, 6.45) is 3.18. The Morgan fingerprint density at radius 1 is 1.07 bits per heavy atom. The van der Waals surface area contributed by atoms with Gasteiger partial charge in [-0.15, -0.1) is 0 Å². The van der Waals surface area contributed by atoms with E-state index in [0.717, 1.165) is 16.5 Å². The molecule has 1 aromatic heterocycles. The molecule has 138 valence electrons. The third kappa shape index (κ3) is 3.33. The van der Waals surface area contributed by atoms with Crippen molar-refractivity contribution in [1.82, 2.24) is 9.88 Å². The van der Waals surface area contributed by atoms with Crippen molar-refractivity contribution in [1.29, 1.82) is 0 Å². The van der Waals surface area contributed by atoms with Gasteiger partial charge < -0.3 is 14.6 Å². The summed E-state index contributed by atoms with van der Waals surface area (Å²) in [6.45, 7) is 1.18. The van der Waals surface area contributed by atoms with Crippen molar-refractivity contribution in [2.45, 2.75) is 12.8 Å². The molecule has 1 N–H and O–H groups in total. The van der Waals surface area contributed by atoms with Crippen molar-refractivity contribution in [3.8, 4) is 5.75 Å². The Bertz CT molecular complexity index is 984. The van der Waals surface area contributed by atoms with E-state index < -0.39 is 0 Å². The predicted octanol–water partition coefficient (Wildman–Crippen LogP) is 3.91. The second-order valence-electron chi connectivity index (χ2n) is 6.91. The lowest BCUT2D eigenvalue weighted by molar-refractivity contribution is 0.0650. The zero-order valence-corrected chi connectivity index (χ0v) is 15.3. The van der Waals surface area contributed by atoms with Crippen LogP contribution in [0.2, 0.25) is 0 Å². The zero-order chi connectivity index (χ0) is 18.8. The van der Waals surface area contributed by atoms with Crippen LogP contribution in [0, 0.1) is 5.92 Å². The molecule has 27 heavy (non-hydrogen) atoms. The number of likely N-dealkylation sites (tertiary alicyclic amines) is 1. The Hall–Kier alpha value is -3.08. The number of ether oxygens (including phenoxy) is 1. The quantitative estimate of drug-likeness (QED) is 0.716. The van der Waals surface area contributed by atoms with Crippen LogP contribution in [0.25, 0.3) is 10.9 Å². The lowest BCUT2D eigenvalue weighted by Crippen LogP contribution is -2.40. The number of benzene rings is 2. The Morgan fingerprint density at radius 2 is 1.85 bits per heavy atom. The number of carbonyl (C=O) groups is 2. The van der Waals surface area contributed by atoms with E-state index in [0.29, 0.717) is 37.2 Å². The molecule has 3 aromatic rings. The lowest BCUT2D eigenvalue weighted by Gasteiger charge is -2.31. The minimum Gasteiger partial charge on any atom is -0.497 e. The normalized spacial score (nSPS) is 15.1. The van der Waals surface area contributed by atoms with Gasteiger partial charge in [0.25, 0.3) is 5.91 Å². The van der Waals surface area contributed by atoms with Crippen molar-refractivity contribution in [2.24, 2.45) is 5.92 Å². The van der Waals surface area contributed by atoms with Crippen LogP contribution in [-0.4, -0.2) is 41.8 Å². The van der Waals surface area contributed by atoms with Crippen LogP contribution in [0.4, 0.5) is 0 Å². The molecule has 0 atom stereocenters. The van der Waals surface area contributed by atoms with Gasteiger partial charge in [-0.1, -0.05) is 24.3 Å². The predicted molar refractivity (Wildman–Crippen MR) is 104 cm³/mol. The summed E-state index contributed by atoms with van der Waals surface area (Å²) in [5, 5.41) is 0.970. The standard InChI is InChI=1S/C22H22N2O3/c1-27-17-6-4-5-16(13-17)22(26)24-11-9-15(10-12-24)21(25)19-14-23-20-8-3-2-7-18(19)20/h2-8,13-15,23H,9-12H2,1H3. The highest BCUT2D eigenvalue weighted by molar-refractivity contribution is 6.09. The number of H-pyrrole nitrogens is 1. The molecule has 4 rings (SSSR count). The molecule has 0 spiro atoms. The number of amides is 1. The van der Waals surface area contributed by atoms with Gasteiger partial charge in [0.05, 0.1) is 7.11 Å². The average molecular weight is 362 g/mol. The SMILES string of the molecule is COc1cccc(C(=O)N2CCC(C(=O)c3c[nH]c4ccccc34)CC2)c1. The summed E-state index contributed by atoms with van der Waals surface area (Å²) < 4.78 is 5.20. The molecule has 0 radical (unpaired) electrons. The molecule has 0 unspecified atom stereocenters. The molecule has 1 aliphatic rings. The fraction of sp³-hybridized carbons (Fsp3) is 0.273. The number of carbonyl (C=O) groups excluding carboxylic acids is 2. The van der Waals surface area contributed by atoms with E-state index in [9.17, 15) is 9.59 Å². The molecular formula is C22H22N2O3. The van der Waals surface area contributed by atoms with Crippen molar-refractivity contribution in [3.05, 3.63) is 65.9 Å². The van der Waals surface area contributed by atoms with Gasteiger partial charge in [0, 0.05) is 47.2 Å². The highest BCUT2D eigenvalue weighted by Crippen LogP contribution is 2.27. The van der Waals surface area contributed by atoms with E-state index in [1.807, 2.05) is 41.3 Å². The number of nitrogens with zero attached hydrogens (tertiary/aromatic N) is 1. The maximum Gasteiger partial charge on any atom is 0.253 e. The molecule has 0 aliphatic carbocycles. The molecule has 2 aromatic carbocycles. The Labute approximate surface area is 157 Å². The van der Waals surface area contributed by atoms with Crippen LogP contribution in [-0.2, 0) is 0 Å². The minimum atomic E-state index is -0.0430. The zero-order valence-electron chi connectivity index (χ0n) is 15.3. The molecule has 0 saturated carbocycles. The number of aromatic nitrogens is 1. The first-order valence-electron chi connectivity index (χ1n) is 9.21. The number of para-hydroxylation sites is 1. The smallest absolute Gasteiger partial charge is 0.253 e. The molecule has 5 nitrogen and oxygen atoms in total. The topological polar surface area (TPSA) is 62.4 Å². The van der Waals surface area contributed by atoms with E-state index in [-0.39, 0.29) is 17.6 Å². The van der Waals surface area contributed by atoms with Gasteiger partial charge in [-0.25, -0.2) is 0 Å². The van der Waals surface area contributed by atoms with E-state index in [1.165, 1.54) is 0 Å². The number of Topliss-reactive ketones (excluding diaryl/α,β-unsaturated/α-hetero) is 1. The number of aromatic amines is 1. The first kappa shape index (κ1) is 17.3. The summed E-state index contributed by atoms with van der Waals surface area (Å²) in [6, 6.07) is 15.0. The average Bonchev–Trinajstić information content (AvgIpc) is 3.17. The van der Waals surface area contributed by atoms with Crippen LogP contribution in [0.5, 0.6) is 5.75 Å². The highest BCUT2D eigenvalue weighted by Gasteiger charge is 2.29. The third-order valence-corrected chi connectivity index (χ3v) is 5.32. The lowest BCUT2D eigenvalue weighted by atomic mass is 9.88. The van der Waals surface area contributed by atoms with Crippen molar-refractivity contribution in [2.75, 3.05) is 20.2 Å². The fourth-order valence-electron chi connectivity index (χ4n) is 3.78. The van der Waals surface area contributed by atoms with Crippen LogP contribution >= 0.6 is 0 Å². The van der Waals surface area contributed by atoms with Crippen LogP contribution in [0.3, 0.4) is 0 Å². The fourth-order valence-corrected chi connectivity index (χ4v) is 3.78. The number of hydrogen-bond acceptors (Lipinski definition) is 3. The van der Waals surface area contributed by atoms with Crippen LogP contribution in [0.15, 0.2) is 54.7 Å². The van der Waals surface area contributed by atoms with Gasteiger partial charge >= 0.3 is 0 Å². The second kappa shape index (κ2) is 7.27. The van der Waals surface area contributed by atoms with E-state index in [4.69, 9.17) is 4.74 Å². The van der Waals surface area contributed by atoms with Crippen molar-refractivity contribution >= 4 is 22.6 Å². The van der Waals surface area contributed by atoms with Gasteiger partial charge in [0.15, 0.2) is 5.78 Å². The van der Waals surface area contributed by atoms with E-state index in [2.05, 4.69) is 4.98 Å². The van der Waals surface area contributed by atoms with E-state index in [1.54, 1.807) is 25.4 Å². The molecular weight excluding hydrogens is 340 g/mol. The number of nitrogens with one attached hydrogen (secondary N) is 1. The first-order chi connectivity index (χ1) is 13.2. The van der Waals surface area contributed by atoms with Gasteiger partial charge in [-0.3, -0.25) is 9.59 Å². The molecule has 1 fully saturated rings. The Kier molecular flexibility index (Phi) is 4.67. The van der Waals surface area contributed by atoms with Crippen molar-refractivity contribution < 1.29 is 14.3 Å². The number of fused-ring (bicyclic) bond motifs is 1. The molecule has 1 aliphatic heterocycles. The first-order valence-corrected chi connectivity index (χ1v) is 9.21. The number of rotatable bonds is 4.